The Morgan fingerprint density at radius 2 is 2.20 bits per heavy atom. The third-order valence-electron chi connectivity index (χ3n) is 0.168. The molecule has 0 heterocycles. The van der Waals surface area contributed by atoms with Gasteiger partial charge in [-0.25, -0.2) is 0 Å². The van der Waals surface area contributed by atoms with Crippen molar-refractivity contribution in [3.05, 3.63) is 0 Å². The summed E-state index contributed by atoms with van der Waals surface area (Å²) < 4.78 is 12.4. The van der Waals surface area contributed by atoms with E-state index in [2.05, 4.69) is 3.07 Å². The molecule has 0 unspecified atom stereocenters. The zero-order chi connectivity index (χ0) is 4.28. The number of hydrogen-bond donors (Lipinski definition) is 1. The van der Waals surface area contributed by atoms with Crippen molar-refractivity contribution in [2.24, 2.45) is 0 Å². The number of halogens is 1. The first-order valence-corrected chi connectivity index (χ1v) is 7.08. The molecule has 2 nitrogen and oxygen atoms in total. The van der Waals surface area contributed by atoms with E-state index in [1.165, 1.54) is 7.11 Å². The van der Waals surface area contributed by atoms with Gasteiger partial charge in [0.25, 0.3) is 0 Å². The summed E-state index contributed by atoms with van der Waals surface area (Å²) >= 11 is -2.61. The number of rotatable bonds is 1. The number of hydrogen-bond acceptors (Lipinski definition) is 2. The van der Waals surface area contributed by atoms with Crippen LogP contribution in [0.2, 0.25) is 0 Å². The summed E-state index contributed by atoms with van der Waals surface area (Å²) in [6, 6.07) is 0. The van der Waals surface area contributed by atoms with Crippen LogP contribution in [0.1, 0.15) is 0 Å². The van der Waals surface area contributed by atoms with E-state index < -0.39 is 19.5 Å². The summed E-state index contributed by atoms with van der Waals surface area (Å²) in [6.45, 7) is 0. The molecule has 0 aromatic heterocycles. The molecule has 0 aromatic carbocycles. The molecule has 4 heteroatoms. The third-order valence-corrected chi connectivity index (χ3v) is 2.17. The Kier molecular flexibility index (Phi) is 3.86. The van der Waals surface area contributed by atoms with Crippen molar-refractivity contribution in [2.75, 3.05) is 7.11 Å². The molecule has 1 N–H and O–H groups in total. The molecular weight excluding hydrogens is 198 g/mol. The third kappa shape index (κ3) is 5.01. The van der Waals surface area contributed by atoms with Gasteiger partial charge >= 0.3 is 42.0 Å². The van der Waals surface area contributed by atoms with Crippen molar-refractivity contribution in [3.63, 3.8) is 0 Å². The summed E-state index contributed by atoms with van der Waals surface area (Å²) in [6.07, 6.45) is 0. The second-order valence-corrected chi connectivity index (χ2v) is 5.24. The fourth-order valence-corrected chi connectivity index (χ4v) is 0. The fourth-order valence-electron chi connectivity index (χ4n) is 0. The van der Waals surface area contributed by atoms with Crippen molar-refractivity contribution in [1.29, 1.82) is 0 Å². The minimum atomic E-state index is -2.61. The second kappa shape index (κ2) is 3.21. The van der Waals surface area contributed by atoms with E-state index in [1.807, 2.05) is 0 Å². The SMILES string of the molecule is C[O][Sn]([OH])[Cl]. The van der Waals surface area contributed by atoms with Crippen LogP contribution >= 0.6 is 8.92 Å². The summed E-state index contributed by atoms with van der Waals surface area (Å²) in [5.74, 6) is 0. The minimum absolute atomic E-state index is 1.40. The molecule has 0 amide bonds. The van der Waals surface area contributed by atoms with E-state index in [4.69, 9.17) is 12.4 Å². The Hall–Kier alpha value is 1.01. The van der Waals surface area contributed by atoms with E-state index in [0.717, 1.165) is 0 Å². The summed E-state index contributed by atoms with van der Waals surface area (Å²) in [5, 5.41) is 0. The van der Waals surface area contributed by atoms with Gasteiger partial charge in [-0.3, -0.25) is 0 Å². The zero-order valence-electron chi connectivity index (χ0n) is 2.73. The van der Waals surface area contributed by atoms with Crippen LogP contribution in [-0.2, 0) is 3.07 Å². The molecule has 0 aliphatic carbocycles. The van der Waals surface area contributed by atoms with Crippen molar-refractivity contribution < 1.29 is 6.52 Å². The molecule has 0 saturated carbocycles. The van der Waals surface area contributed by atoms with E-state index in [1.54, 1.807) is 0 Å². The summed E-state index contributed by atoms with van der Waals surface area (Å²) in [5.41, 5.74) is 0. The van der Waals surface area contributed by atoms with Gasteiger partial charge in [0.15, 0.2) is 0 Å². The predicted octanol–water partition coefficient (Wildman–Crippen LogP) is -0.151. The van der Waals surface area contributed by atoms with Crippen LogP contribution in [0, 0.1) is 0 Å². The zero-order valence-corrected chi connectivity index (χ0v) is 6.34. The Balaban J connectivity index is 2.54. The molecule has 31 valence electrons. The molecule has 0 aliphatic rings. The van der Waals surface area contributed by atoms with Gasteiger partial charge in [-0.05, 0) is 0 Å². The predicted molar refractivity (Wildman–Crippen MR) is 20.8 cm³/mol. The molecule has 0 saturated heterocycles. The quantitative estimate of drug-likeness (QED) is 0.599. The van der Waals surface area contributed by atoms with Gasteiger partial charge in [0, 0.05) is 0 Å². The van der Waals surface area contributed by atoms with Crippen LogP contribution in [0.3, 0.4) is 0 Å². The van der Waals surface area contributed by atoms with Gasteiger partial charge in [-0.15, -0.1) is 0 Å². The van der Waals surface area contributed by atoms with E-state index in [-0.39, 0.29) is 0 Å². The average molecular weight is 202 g/mol. The second-order valence-electron chi connectivity index (χ2n) is 0.457. The van der Waals surface area contributed by atoms with Gasteiger partial charge in [-0.2, -0.15) is 0 Å². The van der Waals surface area contributed by atoms with Gasteiger partial charge in [-0.1, -0.05) is 0 Å². The molecule has 0 aromatic rings. The molecule has 1 radical (unpaired) electrons. The van der Waals surface area contributed by atoms with Crippen molar-refractivity contribution in [2.45, 2.75) is 0 Å². The first-order chi connectivity index (χ1) is 2.27. The van der Waals surface area contributed by atoms with Crippen molar-refractivity contribution in [3.8, 4) is 0 Å². The Bertz CT molecular complexity index is 23.6. The van der Waals surface area contributed by atoms with E-state index in [9.17, 15) is 0 Å². The maximum absolute atomic E-state index is 8.10. The van der Waals surface area contributed by atoms with E-state index >= 15 is 0 Å². The molecule has 0 rings (SSSR count). The maximum atomic E-state index is 8.10. The molecule has 0 bridgehead atoms. The molecule has 0 aliphatic heterocycles. The van der Waals surface area contributed by atoms with Crippen molar-refractivity contribution in [1.82, 2.24) is 0 Å². The topological polar surface area (TPSA) is 29.5 Å². The van der Waals surface area contributed by atoms with Crippen LogP contribution < -0.4 is 0 Å². The fraction of sp³-hybridized carbons (Fsp3) is 1.00. The van der Waals surface area contributed by atoms with Gasteiger partial charge in [0.1, 0.15) is 0 Å². The molecule has 0 fully saturated rings. The van der Waals surface area contributed by atoms with Crippen LogP contribution in [0.4, 0.5) is 0 Å². The normalized spacial score (nSPS) is 9.60. The first kappa shape index (κ1) is 6.01. The first-order valence-electron chi connectivity index (χ1n) is 1.02. The standard InChI is InChI=1S/CH3O.ClH.H2O.Sn/c1-2;;;/h1H3;1H;1H2;/q-1;;;+3/p-2. The Morgan fingerprint density at radius 1 is 2.00 bits per heavy atom. The monoisotopic (exact) mass is 203 g/mol. The Labute approximate surface area is 42.2 Å². The summed E-state index contributed by atoms with van der Waals surface area (Å²) in [7, 11) is 6.40. The average Bonchev–Trinajstić information content (AvgIpc) is 1.38. The van der Waals surface area contributed by atoms with Gasteiger partial charge in [0.2, 0.25) is 0 Å². The van der Waals surface area contributed by atoms with Crippen LogP contribution in [0.25, 0.3) is 0 Å². The molecule has 0 spiro atoms. The van der Waals surface area contributed by atoms with Gasteiger partial charge in [0.05, 0.1) is 0 Å². The summed E-state index contributed by atoms with van der Waals surface area (Å²) in [4.78, 5) is 0. The molecule has 5 heavy (non-hydrogen) atoms. The molecular formula is CH4ClO2Sn. The van der Waals surface area contributed by atoms with Crippen LogP contribution in [-0.4, -0.2) is 30.0 Å². The van der Waals surface area contributed by atoms with Gasteiger partial charge < -0.3 is 0 Å². The van der Waals surface area contributed by atoms with Crippen molar-refractivity contribution >= 4 is 28.4 Å². The van der Waals surface area contributed by atoms with E-state index in [0.29, 0.717) is 0 Å². The Morgan fingerprint density at radius 3 is 2.20 bits per heavy atom. The molecule has 0 atom stereocenters. The van der Waals surface area contributed by atoms with Crippen LogP contribution in [0.15, 0.2) is 0 Å². The van der Waals surface area contributed by atoms with Crippen LogP contribution in [0.5, 0.6) is 0 Å².